The number of aryl methyl sites for hydroxylation is 1. The summed E-state index contributed by atoms with van der Waals surface area (Å²) in [6.45, 7) is 2.43. The van der Waals surface area contributed by atoms with Gasteiger partial charge in [0.2, 0.25) is 63.3 Å². The molecule has 6 aromatic carbocycles. The number of benzene rings is 6. The van der Waals surface area contributed by atoms with Crippen molar-refractivity contribution in [3.05, 3.63) is 264 Å². The fraction of sp³-hybridized carbons (Fsp3) is 0.200. The average molecular weight is 1780 g/mol. The van der Waals surface area contributed by atoms with Crippen molar-refractivity contribution in [2.24, 2.45) is 0 Å². The molecule has 1 saturated heterocycles. The Kier molecular flexibility index (Phi) is 24.6. The van der Waals surface area contributed by atoms with Crippen LogP contribution < -0.4 is 24.5 Å². The molecule has 31 nitrogen and oxygen atoms in total. The number of aromatic nitrogens is 11. The second kappa shape index (κ2) is 37.2. The normalized spacial score (nSPS) is 13.6. The topological polar surface area (TPSA) is 410 Å². The molecule has 0 radical (unpaired) electrons. The average Bonchev–Trinajstić information content (AvgIpc) is 1.75. The number of para-hydroxylation sites is 2. The Morgan fingerprint density at radius 2 is 0.702 bits per heavy atom. The van der Waals surface area contributed by atoms with Gasteiger partial charge < -0.3 is 72.1 Å². The number of nitrogens with zero attached hydrogens (tertiary/aromatic N) is 16. The Morgan fingerprint density at radius 1 is 0.351 bits per heavy atom. The summed E-state index contributed by atoms with van der Waals surface area (Å²) in [5, 5.41) is 45.7. The van der Waals surface area contributed by atoms with Crippen LogP contribution in [-0.4, -0.2) is 163 Å². The van der Waals surface area contributed by atoms with Crippen molar-refractivity contribution in [2.75, 3.05) is 65.3 Å². The molecule has 3 fully saturated rings. The summed E-state index contributed by atoms with van der Waals surface area (Å²) < 4.78 is 93.1. The van der Waals surface area contributed by atoms with Gasteiger partial charge in [0.1, 0.15) is 79.3 Å². The van der Waals surface area contributed by atoms with Crippen LogP contribution in [0.1, 0.15) is 123 Å². The van der Waals surface area contributed by atoms with Crippen molar-refractivity contribution >= 4 is 126 Å². The number of hydrogen-bond donors (Lipinski definition) is 5. The number of pyridine rings is 1. The molecule has 21 rings (SSSR count). The zero-order valence-corrected chi connectivity index (χ0v) is 70.0. The number of halogens is 5. The monoisotopic (exact) mass is 1780 g/mol. The van der Waals surface area contributed by atoms with E-state index in [9.17, 15) is 56.1 Å². The highest BCUT2D eigenvalue weighted by Gasteiger charge is 2.33. The van der Waals surface area contributed by atoms with Gasteiger partial charge in [-0.3, -0.25) is 0 Å². The van der Waals surface area contributed by atoms with Crippen LogP contribution in [0.25, 0.3) is 112 Å². The van der Waals surface area contributed by atoms with E-state index in [4.69, 9.17) is 37.4 Å². The van der Waals surface area contributed by atoms with Crippen molar-refractivity contribution in [1.29, 1.82) is 0 Å². The van der Waals surface area contributed by atoms with Crippen molar-refractivity contribution < 1.29 is 93.5 Å². The number of carboxylic acids is 5. The van der Waals surface area contributed by atoms with Gasteiger partial charge in [0.15, 0.2) is 29.1 Å². The number of hydrogen-bond acceptors (Lipinski definition) is 26. The maximum absolute atomic E-state index is 13.5. The third-order valence-corrected chi connectivity index (χ3v) is 22.4. The molecule has 5 N–H and O–H groups in total. The van der Waals surface area contributed by atoms with Crippen LogP contribution in [0.15, 0.2) is 222 Å². The van der Waals surface area contributed by atoms with E-state index in [0.29, 0.717) is 108 Å². The van der Waals surface area contributed by atoms with Gasteiger partial charge in [0.25, 0.3) is 0 Å². The zero-order valence-electron chi connectivity index (χ0n) is 70.0. The summed E-state index contributed by atoms with van der Waals surface area (Å²) in [7, 11) is 5.69. The van der Waals surface area contributed by atoms with Gasteiger partial charge in [-0.05, 0) is 184 Å². The number of carbonyl (C=O) groups is 5. The van der Waals surface area contributed by atoms with Crippen LogP contribution in [-0.2, 0) is 6.42 Å². The van der Waals surface area contributed by atoms with Gasteiger partial charge in [-0.25, -0.2) is 71.4 Å². The van der Waals surface area contributed by atoms with Gasteiger partial charge >= 0.3 is 29.8 Å². The highest BCUT2D eigenvalue weighted by atomic mass is 19.1. The Balaban J connectivity index is 0.000000115. The molecule has 662 valence electrons. The third kappa shape index (κ3) is 19.0. The van der Waals surface area contributed by atoms with Crippen LogP contribution in [0.2, 0.25) is 0 Å². The third-order valence-electron chi connectivity index (χ3n) is 22.4. The Morgan fingerprint density at radius 3 is 1.11 bits per heavy atom. The van der Waals surface area contributed by atoms with Gasteiger partial charge in [-0.1, -0.05) is 55.7 Å². The van der Waals surface area contributed by atoms with E-state index in [1.165, 1.54) is 116 Å². The summed E-state index contributed by atoms with van der Waals surface area (Å²) in [4.78, 5) is 115. The summed E-state index contributed by atoms with van der Waals surface area (Å²) in [6, 6.07) is 51.8. The SMILES string of the molecule is CN(c1ccccc1)c1nc2oc(C(=O)O)cc2nc1-c1ccc(F)nc1.CN(c1nc2oc(C(=O)O)cc2nc1-c1ccc(F)cc1)C1CC1.CN(c1nc2oc(C(=O)O)cc2nc1-c1ccc(F)cc1)C1CCCCC1.O=C(O)c1cc2nc(-c3ccc(F)cc3)c(N3CCCC3)nc2o1.O=C(O)c1cc2nc(-c3ccc(F)cc3)c(N3CCCc4ccccc43)nc2o1. The van der Waals surface area contributed by atoms with Gasteiger partial charge in [-0.15, -0.1) is 0 Å². The van der Waals surface area contributed by atoms with E-state index in [0.717, 1.165) is 93.5 Å². The Bertz CT molecular complexity index is 7010. The van der Waals surface area contributed by atoms with Crippen LogP contribution in [0, 0.1) is 29.2 Å². The molecular weight excluding hydrogens is 1700 g/mol. The fourth-order valence-corrected chi connectivity index (χ4v) is 15.6. The zero-order chi connectivity index (χ0) is 91.4. The van der Waals surface area contributed by atoms with E-state index < -0.39 is 35.8 Å². The first-order valence-electron chi connectivity index (χ1n) is 41.5. The molecule has 4 aliphatic rings. The molecule has 131 heavy (non-hydrogen) atoms. The largest absolute Gasteiger partial charge is 0.475 e. The second-order valence-electron chi connectivity index (χ2n) is 31.1. The van der Waals surface area contributed by atoms with E-state index >= 15 is 0 Å². The molecule has 0 amide bonds. The van der Waals surface area contributed by atoms with Gasteiger partial charge in [0, 0.05) is 129 Å². The smallest absolute Gasteiger partial charge is 0.371 e. The summed E-state index contributed by atoms with van der Waals surface area (Å²) in [5.74, 6) is -6.08. The second-order valence-corrected chi connectivity index (χ2v) is 31.1. The molecule has 0 atom stereocenters. The minimum Gasteiger partial charge on any atom is -0.475 e. The van der Waals surface area contributed by atoms with E-state index in [1.807, 2.05) is 67.5 Å². The first-order chi connectivity index (χ1) is 63.3. The molecule has 2 aliphatic carbocycles. The Labute approximate surface area is 739 Å². The van der Waals surface area contributed by atoms with Crippen molar-refractivity contribution in [3.63, 3.8) is 0 Å². The summed E-state index contributed by atoms with van der Waals surface area (Å²) in [6.07, 6.45) is 13.2. The molecule has 2 aliphatic heterocycles. The summed E-state index contributed by atoms with van der Waals surface area (Å²) >= 11 is 0. The van der Waals surface area contributed by atoms with Crippen LogP contribution in [0.5, 0.6) is 0 Å². The predicted octanol–water partition coefficient (Wildman–Crippen LogP) is 19.9. The molecule has 36 heteroatoms. The number of anilines is 7. The van der Waals surface area contributed by atoms with E-state index in [1.54, 1.807) is 66.5 Å². The van der Waals surface area contributed by atoms with Crippen molar-refractivity contribution in [1.82, 2.24) is 54.8 Å². The lowest BCUT2D eigenvalue weighted by Crippen LogP contribution is -2.34. The first-order valence-corrected chi connectivity index (χ1v) is 41.5. The van der Waals surface area contributed by atoms with Crippen molar-refractivity contribution in [2.45, 2.75) is 82.7 Å². The van der Waals surface area contributed by atoms with Crippen molar-refractivity contribution in [3.8, 4) is 56.3 Å². The summed E-state index contributed by atoms with van der Waals surface area (Å²) in [5.41, 5.74) is 11.8. The van der Waals surface area contributed by atoms with Gasteiger partial charge in [0.05, 0.1) is 0 Å². The Hall–Kier alpha value is -16.4. The lowest BCUT2D eigenvalue weighted by atomic mass is 9.94. The number of rotatable bonds is 18. The molecule has 17 aromatic rings. The quantitative estimate of drug-likeness (QED) is 0.0393. The minimum atomic E-state index is -1.21. The standard InChI is InChI=1S/C22H16FN3O3.C20H20FN3O3.C19H13FN4O3.2C17H14FN3O3/c23-15-9-7-14(8-10-15)19-20(25-21-16(24-19)12-18(29-21)22(27)28)26-11-3-5-13-4-1-2-6-17(13)26;1-24(14-5-3-2-4-6-14)18-17(12-7-9-13(21)10-8-12)22-15-11-16(20(25)26)27-19(15)23-18;1-24(12-5-3-2-4-6-12)17-16(11-7-8-15(20)21-10-11)22-13-9-14(19(25)26)27-18(13)23-17;1-21(11-6-7-11)15-14(9-2-4-10(18)5-3-9)19-12-8-13(17(22)23)24-16(12)20-15;18-11-5-3-10(4-6-11)14-15(21-7-1-2-8-21)20-16-12(19-14)9-13(24-16)17(22)23/h1-2,4,6-10,12H,3,5,11H2,(H,27,28);7-11,14H,2-6H2,1H3,(H,25,26);2-10H,1H3,(H,25,26);2-5,8,11H,6-7H2,1H3,(H,22,23);3-6,9H,1-2,7-8H2,(H,22,23). The lowest BCUT2D eigenvalue weighted by Gasteiger charge is -2.32. The van der Waals surface area contributed by atoms with Gasteiger partial charge in [-0.2, -0.15) is 29.3 Å². The molecule has 11 aromatic heterocycles. The predicted molar refractivity (Wildman–Crippen MR) is 473 cm³/mol. The molecule has 2 saturated carbocycles. The van der Waals surface area contributed by atoms with E-state index in [-0.39, 0.29) is 86.2 Å². The highest BCUT2D eigenvalue weighted by Crippen LogP contribution is 2.43. The lowest BCUT2D eigenvalue weighted by molar-refractivity contribution is 0.0655. The fourth-order valence-electron chi connectivity index (χ4n) is 15.6. The molecule has 0 spiro atoms. The molecule has 0 bridgehead atoms. The number of furan rings is 5. The van der Waals surface area contributed by atoms with Crippen LogP contribution in [0.4, 0.5) is 62.4 Å². The number of aromatic carboxylic acids is 5. The number of fused-ring (bicyclic) bond motifs is 6. The van der Waals surface area contributed by atoms with E-state index in [2.05, 4.69) is 75.6 Å². The minimum absolute atomic E-state index is 0.101. The first kappa shape index (κ1) is 86.7. The molecule has 0 unspecified atom stereocenters. The highest BCUT2D eigenvalue weighted by molar-refractivity contribution is 5.96. The molecule has 13 heterocycles. The van der Waals surface area contributed by atoms with Crippen LogP contribution >= 0.6 is 0 Å². The van der Waals surface area contributed by atoms with Crippen LogP contribution in [0.3, 0.4) is 0 Å². The molecular formula is C95H77F5N16O15. The number of carboxylic acid groups (broad SMARTS) is 5. The maximum Gasteiger partial charge on any atom is 0.371 e. The maximum atomic E-state index is 13.5.